The standard InChI is InChI=1S/C37H43N3O4S/c1-27-18-21-32(22-19-27)45(43,44)40(33-23-28(2)17-20-29(33)3)26-35(41)39(25-31-15-11-8-12-16-31)34(36(42)38-37(4,5)6)24-30-13-9-7-10-14-30/h7-23,34H,24-26H2,1-6H3,(H,38,42). The summed E-state index contributed by atoms with van der Waals surface area (Å²) in [7, 11) is -4.16. The van der Waals surface area contributed by atoms with E-state index in [1.807, 2.05) is 114 Å². The molecule has 7 nitrogen and oxygen atoms in total. The Balaban J connectivity index is 1.83. The third kappa shape index (κ3) is 8.82. The molecule has 45 heavy (non-hydrogen) atoms. The van der Waals surface area contributed by atoms with Gasteiger partial charge in [0.15, 0.2) is 0 Å². The molecule has 0 aliphatic heterocycles. The topological polar surface area (TPSA) is 86.8 Å². The molecule has 0 bridgehead atoms. The zero-order valence-electron chi connectivity index (χ0n) is 26.9. The largest absolute Gasteiger partial charge is 0.350 e. The van der Waals surface area contributed by atoms with Crippen molar-refractivity contribution in [3.05, 3.63) is 131 Å². The lowest BCUT2D eigenvalue weighted by Gasteiger charge is -2.35. The molecule has 0 fully saturated rings. The van der Waals surface area contributed by atoms with Crippen LogP contribution in [0, 0.1) is 20.8 Å². The first kappa shape index (κ1) is 33.5. The smallest absolute Gasteiger partial charge is 0.264 e. The van der Waals surface area contributed by atoms with Crippen molar-refractivity contribution in [2.24, 2.45) is 0 Å². The van der Waals surface area contributed by atoms with E-state index in [2.05, 4.69) is 5.32 Å². The zero-order chi connectivity index (χ0) is 32.8. The number of aryl methyl sites for hydroxylation is 3. The van der Waals surface area contributed by atoms with Gasteiger partial charge in [-0.1, -0.05) is 90.5 Å². The molecule has 1 N–H and O–H groups in total. The average Bonchev–Trinajstić information content (AvgIpc) is 2.99. The van der Waals surface area contributed by atoms with Crippen molar-refractivity contribution in [3.8, 4) is 0 Å². The van der Waals surface area contributed by atoms with Gasteiger partial charge in [-0.2, -0.15) is 0 Å². The highest BCUT2D eigenvalue weighted by Crippen LogP contribution is 2.29. The maximum Gasteiger partial charge on any atom is 0.264 e. The molecular formula is C37H43N3O4S. The first-order valence-electron chi connectivity index (χ1n) is 15.1. The van der Waals surface area contributed by atoms with E-state index in [1.165, 1.54) is 9.21 Å². The van der Waals surface area contributed by atoms with Crippen molar-refractivity contribution in [1.82, 2.24) is 10.2 Å². The van der Waals surface area contributed by atoms with Crippen molar-refractivity contribution in [2.75, 3.05) is 10.8 Å². The van der Waals surface area contributed by atoms with Crippen molar-refractivity contribution in [3.63, 3.8) is 0 Å². The molecule has 236 valence electrons. The van der Waals surface area contributed by atoms with Gasteiger partial charge in [0.05, 0.1) is 10.6 Å². The fraction of sp³-hybridized carbons (Fsp3) is 0.297. The Bertz CT molecular complexity index is 1720. The number of amides is 2. The van der Waals surface area contributed by atoms with E-state index in [9.17, 15) is 18.0 Å². The number of sulfonamides is 1. The number of hydrogen-bond donors (Lipinski definition) is 1. The van der Waals surface area contributed by atoms with E-state index >= 15 is 0 Å². The van der Waals surface area contributed by atoms with Gasteiger partial charge in [0.25, 0.3) is 10.0 Å². The van der Waals surface area contributed by atoms with Crippen LogP contribution in [-0.4, -0.2) is 43.3 Å². The summed E-state index contributed by atoms with van der Waals surface area (Å²) in [6, 6.07) is 30.2. The quantitative estimate of drug-likeness (QED) is 0.210. The second-order valence-electron chi connectivity index (χ2n) is 12.6. The molecule has 0 heterocycles. The molecule has 4 aromatic rings. The molecule has 0 aliphatic carbocycles. The van der Waals surface area contributed by atoms with Crippen molar-refractivity contribution in [2.45, 2.75) is 71.0 Å². The number of anilines is 1. The highest BCUT2D eigenvalue weighted by Gasteiger charge is 2.36. The van der Waals surface area contributed by atoms with Gasteiger partial charge >= 0.3 is 0 Å². The predicted molar refractivity (Wildman–Crippen MR) is 180 cm³/mol. The van der Waals surface area contributed by atoms with Crippen LogP contribution in [0.5, 0.6) is 0 Å². The van der Waals surface area contributed by atoms with Crippen LogP contribution in [0.15, 0.2) is 108 Å². The Kier molecular flexibility index (Phi) is 10.5. The molecule has 0 radical (unpaired) electrons. The second-order valence-corrected chi connectivity index (χ2v) is 14.4. The van der Waals surface area contributed by atoms with E-state index in [0.29, 0.717) is 11.3 Å². The van der Waals surface area contributed by atoms with E-state index in [4.69, 9.17) is 0 Å². The van der Waals surface area contributed by atoms with Crippen LogP contribution in [0.3, 0.4) is 0 Å². The SMILES string of the molecule is Cc1ccc(S(=O)(=O)N(CC(=O)N(Cc2ccccc2)C(Cc2ccccc2)C(=O)NC(C)(C)C)c2cc(C)ccc2C)cc1. The molecule has 4 rings (SSSR count). The van der Waals surface area contributed by atoms with Crippen molar-refractivity contribution < 1.29 is 18.0 Å². The number of hydrogen-bond acceptors (Lipinski definition) is 4. The first-order chi connectivity index (χ1) is 21.2. The van der Waals surface area contributed by atoms with Gasteiger partial charge < -0.3 is 10.2 Å². The van der Waals surface area contributed by atoms with Gasteiger partial charge in [-0.15, -0.1) is 0 Å². The molecule has 0 saturated carbocycles. The van der Waals surface area contributed by atoms with E-state index in [1.54, 1.807) is 30.3 Å². The molecule has 4 aromatic carbocycles. The average molecular weight is 626 g/mol. The highest BCUT2D eigenvalue weighted by molar-refractivity contribution is 7.92. The number of benzene rings is 4. The molecule has 1 unspecified atom stereocenters. The first-order valence-corrected chi connectivity index (χ1v) is 16.5. The van der Waals surface area contributed by atoms with Gasteiger partial charge in [0, 0.05) is 18.5 Å². The Morgan fingerprint density at radius 3 is 1.89 bits per heavy atom. The van der Waals surface area contributed by atoms with Gasteiger partial charge in [-0.3, -0.25) is 13.9 Å². The number of carbonyl (C=O) groups excluding carboxylic acids is 2. The van der Waals surface area contributed by atoms with Crippen LogP contribution in [0.1, 0.15) is 48.6 Å². The summed E-state index contributed by atoms with van der Waals surface area (Å²) in [5.74, 6) is -0.796. The lowest BCUT2D eigenvalue weighted by atomic mass is 10.0. The maximum atomic E-state index is 14.6. The van der Waals surface area contributed by atoms with Crippen molar-refractivity contribution >= 4 is 27.5 Å². The minimum absolute atomic E-state index is 0.0859. The monoisotopic (exact) mass is 625 g/mol. The summed E-state index contributed by atoms with van der Waals surface area (Å²) < 4.78 is 29.7. The third-order valence-corrected chi connectivity index (χ3v) is 9.26. The van der Waals surface area contributed by atoms with Crippen LogP contribution < -0.4 is 9.62 Å². The lowest BCUT2D eigenvalue weighted by molar-refractivity contribution is -0.140. The van der Waals surface area contributed by atoms with Crippen LogP contribution in [0.2, 0.25) is 0 Å². The normalized spacial score (nSPS) is 12.3. The molecule has 0 spiro atoms. The van der Waals surface area contributed by atoms with E-state index in [-0.39, 0.29) is 23.8 Å². The van der Waals surface area contributed by atoms with Crippen LogP contribution in [0.4, 0.5) is 5.69 Å². The Labute approximate surface area is 268 Å². The minimum atomic E-state index is -4.16. The summed E-state index contributed by atoms with van der Waals surface area (Å²) in [6.07, 6.45) is 0.259. The maximum absolute atomic E-state index is 14.6. The molecular weight excluding hydrogens is 582 g/mol. The summed E-state index contributed by atoms with van der Waals surface area (Å²) >= 11 is 0. The lowest BCUT2D eigenvalue weighted by Crippen LogP contribution is -2.56. The third-order valence-electron chi connectivity index (χ3n) is 7.49. The number of nitrogens with one attached hydrogen (secondary N) is 1. The van der Waals surface area contributed by atoms with E-state index < -0.39 is 34.1 Å². The van der Waals surface area contributed by atoms with Gasteiger partial charge in [0.2, 0.25) is 11.8 Å². The molecule has 8 heteroatoms. The minimum Gasteiger partial charge on any atom is -0.350 e. The van der Waals surface area contributed by atoms with E-state index in [0.717, 1.165) is 22.3 Å². The molecule has 0 aliphatic rings. The molecule has 1 atom stereocenters. The summed E-state index contributed by atoms with van der Waals surface area (Å²) in [6.45, 7) is 10.9. The Morgan fingerprint density at radius 2 is 1.31 bits per heavy atom. The van der Waals surface area contributed by atoms with Gasteiger partial charge in [-0.25, -0.2) is 8.42 Å². The summed E-state index contributed by atoms with van der Waals surface area (Å²) in [5.41, 5.74) is 4.08. The Morgan fingerprint density at radius 1 is 0.756 bits per heavy atom. The molecule has 2 amide bonds. The molecule has 0 aromatic heterocycles. The van der Waals surface area contributed by atoms with Crippen LogP contribution in [0.25, 0.3) is 0 Å². The fourth-order valence-electron chi connectivity index (χ4n) is 5.13. The van der Waals surface area contributed by atoms with Gasteiger partial charge in [0.1, 0.15) is 12.6 Å². The number of carbonyl (C=O) groups is 2. The fourth-order valence-corrected chi connectivity index (χ4v) is 6.60. The van der Waals surface area contributed by atoms with Gasteiger partial charge in [-0.05, 0) is 82.0 Å². The second kappa shape index (κ2) is 14.1. The molecule has 0 saturated heterocycles. The predicted octanol–water partition coefficient (Wildman–Crippen LogP) is 6.36. The Hall–Kier alpha value is -4.43. The van der Waals surface area contributed by atoms with Crippen LogP contribution in [-0.2, 0) is 32.6 Å². The number of nitrogens with zero attached hydrogens (tertiary/aromatic N) is 2. The summed E-state index contributed by atoms with van der Waals surface area (Å²) in [4.78, 5) is 30.2. The zero-order valence-corrected chi connectivity index (χ0v) is 27.8. The highest BCUT2D eigenvalue weighted by atomic mass is 32.2. The van der Waals surface area contributed by atoms with Crippen molar-refractivity contribution in [1.29, 1.82) is 0 Å². The summed E-state index contributed by atoms with van der Waals surface area (Å²) in [5, 5.41) is 3.06. The van der Waals surface area contributed by atoms with Crippen LogP contribution >= 0.6 is 0 Å². The number of rotatable bonds is 11.